The Bertz CT molecular complexity index is 882. The second kappa shape index (κ2) is 8.55. The molecule has 2 heterocycles. The Morgan fingerprint density at radius 3 is 2.61 bits per heavy atom. The van der Waals surface area contributed by atoms with Gasteiger partial charge in [0.2, 0.25) is 10.0 Å². The zero-order valence-corrected chi connectivity index (χ0v) is 17.7. The van der Waals surface area contributed by atoms with E-state index in [1.807, 2.05) is 20.9 Å². The van der Waals surface area contributed by atoms with Gasteiger partial charge in [0.05, 0.1) is 5.71 Å². The number of hydrazone groups is 1. The van der Waals surface area contributed by atoms with Crippen LogP contribution in [0.3, 0.4) is 0 Å². The molecule has 2 aliphatic rings. The number of pyridine rings is 1. The lowest BCUT2D eigenvalue weighted by Crippen LogP contribution is -2.47. The summed E-state index contributed by atoms with van der Waals surface area (Å²) in [6.07, 6.45) is 5.43. The molecular weight excluding hydrogens is 374 g/mol. The molecule has 1 aliphatic heterocycles. The number of anilines is 1. The van der Waals surface area contributed by atoms with Crippen LogP contribution in [-0.4, -0.2) is 61.5 Å². The first-order valence-corrected chi connectivity index (χ1v) is 11.0. The van der Waals surface area contributed by atoms with Crippen molar-refractivity contribution in [1.29, 1.82) is 0 Å². The molecule has 0 unspecified atom stereocenters. The quantitative estimate of drug-likeness (QED) is 0.604. The number of sulfonamides is 1. The number of aromatic nitrogens is 1. The molecule has 1 atom stereocenters. The van der Waals surface area contributed by atoms with Crippen LogP contribution in [0.15, 0.2) is 52.1 Å². The lowest BCUT2D eigenvalue weighted by molar-refractivity contribution is 0.222. The fourth-order valence-electron chi connectivity index (χ4n) is 3.33. The van der Waals surface area contributed by atoms with E-state index >= 15 is 0 Å². The Morgan fingerprint density at radius 2 is 2.00 bits per heavy atom. The van der Waals surface area contributed by atoms with E-state index in [0.29, 0.717) is 24.8 Å². The minimum absolute atomic E-state index is 0.214. The molecule has 0 radical (unpaired) electrons. The van der Waals surface area contributed by atoms with Crippen LogP contribution < -0.4 is 5.43 Å². The van der Waals surface area contributed by atoms with Crippen LogP contribution in [0.4, 0.5) is 5.82 Å². The third-order valence-electron chi connectivity index (χ3n) is 5.44. The largest absolute Gasteiger partial charge is 0.304 e. The second-order valence-electron chi connectivity index (χ2n) is 7.63. The third-order valence-corrected chi connectivity index (χ3v) is 7.32. The minimum Gasteiger partial charge on any atom is -0.304 e. The van der Waals surface area contributed by atoms with Crippen molar-refractivity contribution >= 4 is 21.6 Å². The summed E-state index contributed by atoms with van der Waals surface area (Å²) in [5.41, 5.74) is 6.25. The van der Waals surface area contributed by atoms with E-state index in [0.717, 1.165) is 42.8 Å². The Morgan fingerprint density at radius 1 is 1.29 bits per heavy atom. The van der Waals surface area contributed by atoms with E-state index < -0.39 is 10.0 Å². The Balaban J connectivity index is 1.68. The van der Waals surface area contributed by atoms with Crippen LogP contribution in [0, 0.1) is 5.92 Å². The first-order chi connectivity index (χ1) is 13.3. The second-order valence-corrected chi connectivity index (χ2v) is 9.56. The van der Waals surface area contributed by atoms with Crippen molar-refractivity contribution in [1.82, 2.24) is 14.2 Å². The highest BCUT2D eigenvalue weighted by molar-refractivity contribution is 7.89. The predicted molar refractivity (Wildman–Crippen MR) is 113 cm³/mol. The molecule has 0 spiro atoms. The number of nitrogens with one attached hydrogen (secondary N) is 1. The summed E-state index contributed by atoms with van der Waals surface area (Å²) in [5.74, 6) is 0.934. The first-order valence-electron chi connectivity index (χ1n) is 9.57. The van der Waals surface area contributed by atoms with Crippen LogP contribution in [0.25, 0.3) is 0 Å². The standard InChI is InChI=1S/C20H29N5O2S/c1-15(2)17-6-5-16(3)19(13-17)22-23-20-8-7-18(14-21-20)28(26,27)25-11-9-24(4)10-12-25/h5,7-8,14,17H,1,6,9-13H2,2-4H3,(H,21,23)/b22-19-/t17-/m1/s1. The van der Waals surface area contributed by atoms with Crippen molar-refractivity contribution in [2.45, 2.75) is 31.6 Å². The predicted octanol–water partition coefficient (Wildman–Crippen LogP) is 2.72. The summed E-state index contributed by atoms with van der Waals surface area (Å²) in [4.78, 5) is 6.58. The fraction of sp³-hybridized carbons (Fsp3) is 0.500. The minimum atomic E-state index is -3.50. The van der Waals surface area contributed by atoms with Crippen molar-refractivity contribution in [3.05, 3.63) is 42.1 Å². The van der Waals surface area contributed by atoms with Crippen LogP contribution in [-0.2, 0) is 10.0 Å². The molecule has 28 heavy (non-hydrogen) atoms. The summed E-state index contributed by atoms with van der Waals surface area (Å²) in [6, 6.07) is 3.24. The summed E-state index contributed by atoms with van der Waals surface area (Å²) in [6.45, 7) is 10.6. The molecule has 1 aromatic heterocycles. The van der Waals surface area contributed by atoms with Gasteiger partial charge in [0, 0.05) is 32.4 Å². The smallest absolute Gasteiger partial charge is 0.244 e. The molecule has 1 saturated heterocycles. The van der Waals surface area contributed by atoms with E-state index in [1.54, 1.807) is 12.1 Å². The van der Waals surface area contributed by atoms with Crippen molar-refractivity contribution in [2.75, 3.05) is 38.7 Å². The van der Waals surface area contributed by atoms with Gasteiger partial charge in [-0.2, -0.15) is 9.41 Å². The number of allylic oxidation sites excluding steroid dienone is 3. The maximum absolute atomic E-state index is 12.8. The van der Waals surface area contributed by atoms with Gasteiger partial charge in [0.15, 0.2) is 0 Å². The van der Waals surface area contributed by atoms with Gasteiger partial charge < -0.3 is 4.90 Å². The highest BCUT2D eigenvalue weighted by Crippen LogP contribution is 2.26. The van der Waals surface area contributed by atoms with Gasteiger partial charge in [-0.15, -0.1) is 0 Å². The lowest BCUT2D eigenvalue weighted by atomic mass is 9.85. The lowest BCUT2D eigenvalue weighted by Gasteiger charge is -2.31. The molecule has 0 aromatic carbocycles. The van der Waals surface area contributed by atoms with Gasteiger partial charge in [-0.05, 0) is 57.4 Å². The van der Waals surface area contributed by atoms with Gasteiger partial charge in [0.25, 0.3) is 0 Å². The SMILES string of the molecule is C=C(C)[C@@H]1CC=C(C)/C(=N\Nc2ccc(S(=O)(=O)N3CCN(C)CC3)cn2)C1. The molecule has 152 valence electrons. The molecule has 0 amide bonds. The summed E-state index contributed by atoms with van der Waals surface area (Å²) in [5, 5.41) is 4.49. The Labute approximate surface area is 167 Å². The van der Waals surface area contributed by atoms with Gasteiger partial charge in [-0.25, -0.2) is 13.4 Å². The molecule has 0 bridgehead atoms. The highest BCUT2D eigenvalue weighted by atomic mass is 32.2. The third kappa shape index (κ3) is 4.68. The van der Waals surface area contributed by atoms with E-state index in [-0.39, 0.29) is 4.90 Å². The average Bonchev–Trinajstić information content (AvgIpc) is 2.68. The van der Waals surface area contributed by atoms with Crippen LogP contribution in [0.5, 0.6) is 0 Å². The van der Waals surface area contributed by atoms with Crippen LogP contribution >= 0.6 is 0 Å². The van der Waals surface area contributed by atoms with E-state index in [1.165, 1.54) is 10.5 Å². The number of rotatable bonds is 5. The van der Waals surface area contributed by atoms with Crippen molar-refractivity contribution in [2.24, 2.45) is 11.0 Å². The maximum atomic E-state index is 12.8. The van der Waals surface area contributed by atoms with Crippen molar-refractivity contribution in [3.63, 3.8) is 0 Å². The zero-order chi connectivity index (χ0) is 20.3. The first kappa shape index (κ1) is 20.7. The number of hydrogen-bond acceptors (Lipinski definition) is 6. The highest BCUT2D eigenvalue weighted by Gasteiger charge is 2.27. The summed E-state index contributed by atoms with van der Waals surface area (Å²) < 4.78 is 27.0. The van der Waals surface area contributed by atoms with Gasteiger partial charge in [-0.3, -0.25) is 5.43 Å². The maximum Gasteiger partial charge on any atom is 0.244 e. The van der Waals surface area contributed by atoms with Gasteiger partial charge in [-0.1, -0.05) is 18.2 Å². The molecule has 0 saturated carbocycles. The molecule has 3 rings (SSSR count). The van der Waals surface area contributed by atoms with E-state index in [4.69, 9.17) is 0 Å². The van der Waals surface area contributed by atoms with Crippen molar-refractivity contribution < 1.29 is 8.42 Å². The molecule has 1 N–H and O–H groups in total. The van der Waals surface area contributed by atoms with E-state index in [2.05, 4.69) is 33.1 Å². The topological polar surface area (TPSA) is 77.9 Å². The number of hydrogen-bond donors (Lipinski definition) is 1. The van der Waals surface area contributed by atoms with E-state index in [9.17, 15) is 8.42 Å². The molecular formula is C20H29N5O2S. The van der Waals surface area contributed by atoms with Crippen molar-refractivity contribution in [3.8, 4) is 0 Å². The normalized spacial score (nSPS) is 23.5. The number of likely N-dealkylation sites (N-methyl/N-ethyl adjacent to an activating group) is 1. The summed E-state index contributed by atoms with van der Waals surface area (Å²) >= 11 is 0. The molecule has 1 fully saturated rings. The number of piperazine rings is 1. The molecule has 1 aromatic rings. The molecule has 7 nitrogen and oxygen atoms in total. The van der Waals surface area contributed by atoms with Crippen LogP contribution in [0.1, 0.15) is 26.7 Å². The molecule has 8 heteroatoms. The number of nitrogens with zero attached hydrogens (tertiary/aromatic N) is 4. The molecule has 1 aliphatic carbocycles. The van der Waals surface area contributed by atoms with Gasteiger partial charge >= 0.3 is 0 Å². The van der Waals surface area contributed by atoms with Gasteiger partial charge in [0.1, 0.15) is 10.7 Å². The fourth-order valence-corrected chi connectivity index (χ4v) is 4.69. The monoisotopic (exact) mass is 403 g/mol. The Kier molecular flexibility index (Phi) is 6.32. The zero-order valence-electron chi connectivity index (χ0n) is 16.9. The van der Waals surface area contributed by atoms with Crippen LogP contribution in [0.2, 0.25) is 0 Å². The Hall–Kier alpha value is -2.03. The average molecular weight is 404 g/mol. The summed E-state index contributed by atoms with van der Waals surface area (Å²) in [7, 11) is -1.51.